The molecule has 0 bridgehead atoms. The number of halogens is 1. The molecule has 0 atom stereocenters. The lowest BCUT2D eigenvalue weighted by atomic mass is 10.0. The molecule has 0 amide bonds. The molecule has 3 aromatic rings. The fourth-order valence-corrected chi connectivity index (χ4v) is 2.95. The van der Waals surface area contributed by atoms with E-state index >= 15 is 0 Å². The van der Waals surface area contributed by atoms with Crippen molar-refractivity contribution >= 4 is 40.2 Å². The van der Waals surface area contributed by atoms with Crippen LogP contribution in [0.25, 0.3) is 16.8 Å². The van der Waals surface area contributed by atoms with Gasteiger partial charge in [-0.05, 0) is 52.5 Å². The number of nitrogens with one attached hydrogen (secondary N) is 1. The van der Waals surface area contributed by atoms with Gasteiger partial charge in [-0.2, -0.15) is 12.6 Å². The lowest BCUT2D eigenvalue weighted by molar-refractivity contribution is 0.0600. The molecule has 0 saturated carbocycles. The average Bonchev–Trinajstić information content (AvgIpc) is 3.10. The highest BCUT2D eigenvalue weighted by atomic mass is 79.9. The summed E-state index contributed by atoms with van der Waals surface area (Å²) in [6, 6.07) is 9.98. The Kier molecular flexibility index (Phi) is 10.1. The SMILES string of the molecule is CC.CNCc1cccc(-c2cc(C(=O)OC)cn3cc(Br)nc23)c1.CS. The van der Waals surface area contributed by atoms with Crippen LogP contribution >= 0.6 is 28.6 Å². The molecule has 0 spiro atoms. The number of rotatable bonds is 4. The third-order valence-electron chi connectivity index (χ3n) is 3.56. The van der Waals surface area contributed by atoms with Crippen LogP contribution in [0.1, 0.15) is 29.8 Å². The number of carbonyl (C=O) groups excluding carboxylic acids is 1. The van der Waals surface area contributed by atoms with E-state index < -0.39 is 0 Å². The first kappa shape index (κ1) is 23.2. The summed E-state index contributed by atoms with van der Waals surface area (Å²) in [6.07, 6.45) is 5.24. The summed E-state index contributed by atoms with van der Waals surface area (Å²) < 4.78 is 7.40. The molecule has 0 radical (unpaired) electrons. The van der Waals surface area contributed by atoms with Crippen molar-refractivity contribution in [2.45, 2.75) is 20.4 Å². The number of imidazole rings is 1. The maximum absolute atomic E-state index is 11.9. The van der Waals surface area contributed by atoms with Gasteiger partial charge in [0.15, 0.2) is 0 Å². The molecule has 146 valence electrons. The van der Waals surface area contributed by atoms with E-state index in [0.717, 1.165) is 28.9 Å². The van der Waals surface area contributed by atoms with Crippen molar-refractivity contribution in [2.75, 3.05) is 20.4 Å². The molecule has 1 N–H and O–H groups in total. The number of hydrogen-bond donors (Lipinski definition) is 2. The molecule has 0 saturated heterocycles. The van der Waals surface area contributed by atoms with Gasteiger partial charge in [0, 0.05) is 24.5 Å². The summed E-state index contributed by atoms with van der Waals surface area (Å²) in [6.45, 7) is 4.78. The van der Waals surface area contributed by atoms with Crippen LogP contribution in [-0.4, -0.2) is 35.8 Å². The third-order valence-corrected chi connectivity index (χ3v) is 3.94. The van der Waals surface area contributed by atoms with Crippen molar-refractivity contribution in [1.82, 2.24) is 14.7 Å². The zero-order valence-corrected chi connectivity index (χ0v) is 18.8. The first-order valence-electron chi connectivity index (χ1n) is 8.57. The van der Waals surface area contributed by atoms with Crippen molar-refractivity contribution in [1.29, 1.82) is 0 Å². The number of hydrogen-bond acceptors (Lipinski definition) is 5. The molecule has 0 fully saturated rings. The zero-order chi connectivity index (χ0) is 20.4. The molecule has 7 heteroatoms. The summed E-state index contributed by atoms with van der Waals surface area (Å²) in [5.41, 5.74) is 4.32. The monoisotopic (exact) mass is 451 g/mol. The predicted octanol–water partition coefficient (Wildman–Crippen LogP) is 4.84. The van der Waals surface area contributed by atoms with Gasteiger partial charge in [0.05, 0.1) is 12.7 Å². The van der Waals surface area contributed by atoms with Crippen LogP contribution in [0.3, 0.4) is 0 Å². The fraction of sp³-hybridized carbons (Fsp3) is 0.300. The van der Waals surface area contributed by atoms with Gasteiger partial charge in [-0.1, -0.05) is 32.0 Å². The molecule has 0 unspecified atom stereocenters. The van der Waals surface area contributed by atoms with Gasteiger partial charge < -0.3 is 14.5 Å². The molecule has 0 aliphatic carbocycles. The normalized spacial score (nSPS) is 9.74. The first-order valence-corrected chi connectivity index (χ1v) is 10.3. The molecular formula is C20H26BrN3O2S. The fourth-order valence-electron chi connectivity index (χ4n) is 2.56. The lowest BCUT2D eigenvalue weighted by Crippen LogP contribution is -2.05. The molecule has 1 aromatic carbocycles. The molecule has 0 aliphatic heterocycles. The maximum Gasteiger partial charge on any atom is 0.339 e. The zero-order valence-electron chi connectivity index (χ0n) is 16.3. The standard InChI is InChI=1S/C17H16BrN3O2.C2H6.CH4S/c1-19-8-11-4-3-5-12(6-11)14-7-13(17(22)23-2)9-21-10-15(18)20-16(14)21;2*1-2/h3-7,9-10,19H,8H2,1-2H3;1-2H3;2H,1H3. The highest BCUT2D eigenvalue weighted by molar-refractivity contribution is 9.10. The lowest BCUT2D eigenvalue weighted by Gasteiger charge is -2.09. The smallest absolute Gasteiger partial charge is 0.339 e. The van der Waals surface area contributed by atoms with E-state index in [1.165, 1.54) is 7.11 Å². The number of benzene rings is 1. The summed E-state index contributed by atoms with van der Waals surface area (Å²) in [5.74, 6) is -0.371. The Labute approximate surface area is 174 Å². The summed E-state index contributed by atoms with van der Waals surface area (Å²) >= 11 is 6.92. The Morgan fingerprint density at radius 2 is 1.96 bits per heavy atom. The molecular weight excluding hydrogens is 426 g/mol. The van der Waals surface area contributed by atoms with E-state index in [2.05, 4.69) is 51.0 Å². The van der Waals surface area contributed by atoms with Gasteiger partial charge in [0.1, 0.15) is 10.3 Å². The van der Waals surface area contributed by atoms with E-state index in [1.807, 2.05) is 49.7 Å². The summed E-state index contributed by atoms with van der Waals surface area (Å²) in [7, 11) is 3.29. The predicted molar refractivity (Wildman–Crippen MR) is 119 cm³/mol. The quantitative estimate of drug-likeness (QED) is 0.439. The second-order valence-electron chi connectivity index (χ2n) is 5.16. The number of thiol groups is 1. The molecule has 2 aromatic heterocycles. The Hall–Kier alpha value is -1.83. The Morgan fingerprint density at radius 1 is 1.26 bits per heavy atom. The molecule has 0 aliphatic rings. The van der Waals surface area contributed by atoms with E-state index in [9.17, 15) is 4.79 Å². The minimum atomic E-state index is -0.371. The number of nitrogens with zero attached hydrogens (tertiary/aromatic N) is 2. The molecule has 3 rings (SSSR count). The number of pyridine rings is 1. The van der Waals surface area contributed by atoms with Crippen LogP contribution < -0.4 is 5.32 Å². The Morgan fingerprint density at radius 3 is 2.59 bits per heavy atom. The number of esters is 1. The second-order valence-corrected chi connectivity index (χ2v) is 5.97. The largest absolute Gasteiger partial charge is 0.465 e. The summed E-state index contributed by atoms with van der Waals surface area (Å²) in [5, 5.41) is 3.14. The Balaban J connectivity index is 0.000000855. The van der Waals surface area contributed by atoms with Gasteiger partial charge in [0.2, 0.25) is 0 Å². The number of aromatic nitrogens is 2. The van der Waals surface area contributed by atoms with Crippen LogP contribution in [-0.2, 0) is 11.3 Å². The van der Waals surface area contributed by atoms with Crippen LogP contribution in [0.15, 0.2) is 47.3 Å². The number of fused-ring (bicyclic) bond motifs is 1. The number of ether oxygens (including phenoxy) is 1. The number of carbonyl (C=O) groups is 1. The van der Waals surface area contributed by atoms with Gasteiger partial charge >= 0.3 is 5.97 Å². The van der Waals surface area contributed by atoms with E-state index in [0.29, 0.717) is 10.2 Å². The topological polar surface area (TPSA) is 55.6 Å². The highest BCUT2D eigenvalue weighted by Gasteiger charge is 2.14. The van der Waals surface area contributed by atoms with Crippen molar-refractivity contribution in [3.05, 3.63) is 58.5 Å². The summed E-state index contributed by atoms with van der Waals surface area (Å²) in [4.78, 5) is 16.4. The van der Waals surface area contributed by atoms with Crippen LogP contribution in [0.5, 0.6) is 0 Å². The van der Waals surface area contributed by atoms with Gasteiger partial charge in [0.25, 0.3) is 0 Å². The van der Waals surface area contributed by atoms with E-state index in [1.54, 1.807) is 12.5 Å². The third kappa shape index (κ3) is 5.82. The van der Waals surface area contributed by atoms with Crippen molar-refractivity contribution < 1.29 is 9.53 Å². The van der Waals surface area contributed by atoms with E-state index in [4.69, 9.17) is 4.74 Å². The minimum absolute atomic E-state index is 0.371. The van der Waals surface area contributed by atoms with Crippen LogP contribution in [0, 0.1) is 0 Å². The highest BCUT2D eigenvalue weighted by Crippen LogP contribution is 2.28. The van der Waals surface area contributed by atoms with Gasteiger partial charge in [-0.3, -0.25) is 0 Å². The first-order chi connectivity index (χ1) is 13.1. The number of methoxy groups -OCH3 is 1. The van der Waals surface area contributed by atoms with Crippen molar-refractivity contribution in [3.8, 4) is 11.1 Å². The van der Waals surface area contributed by atoms with E-state index in [-0.39, 0.29) is 5.97 Å². The maximum atomic E-state index is 11.9. The van der Waals surface area contributed by atoms with Gasteiger partial charge in [-0.25, -0.2) is 9.78 Å². The molecule has 5 nitrogen and oxygen atoms in total. The van der Waals surface area contributed by atoms with Gasteiger partial charge in [-0.15, -0.1) is 0 Å². The Bertz CT molecular complexity index is 881. The minimum Gasteiger partial charge on any atom is -0.465 e. The molecule has 27 heavy (non-hydrogen) atoms. The second kappa shape index (κ2) is 11.8. The van der Waals surface area contributed by atoms with Crippen LogP contribution in [0.2, 0.25) is 0 Å². The molecule has 2 heterocycles. The average molecular weight is 452 g/mol. The van der Waals surface area contributed by atoms with Crippen molar-refractivity contribution in [2.24, 2.45) is 0 Å². The van der Waals surface area contributed by atoms with Crippen LogP contribution in [0.4, 0.5) is 0 Å². The van der Waals surface area contributed by atoms with Crippen molar-refractivity contribution in [3.63, 3.8) is 0 Å².